The molecule has 1 heterocycles. The second-order valence-corrected chi connectivity index (χ2v) is 4.62. The van der Waals surface area contributed by atoms with Crippen molar-refractivity contribution in [2.24, 2.45) is 0 Å². The fourth-order valence-electron chi connectivity index (χ4n) is 1.85. The molecule has 1 aromatic heterocycles. The first-order valence-corrected chi connectivity index (χ1v) is 6.42. The molecule has 0 unspecified atom stereocenters. The van der Waals surface area contributed by atoms with Crippen molar-refractivity contribution >= 4 is 22.8 Å². The highest BCUT2D eigenvalue weighted by Gasteiger charge is 2.20. The van der Waals surface area contributed by atoms with Crippen molar-refractivity contribution < 1.29 is 4.79 Å². The molecule has 0 aromatic carbocycles. The van der Waals surface area contributed by atoms with Gasteiger partial charge in [0.1, 0.15) is 0 Å². The van der Waals surface area contributed by atoms with Gasteiger partial charge in [-0.1, -0.05) is 13.8 Å². The summed E-state index contributed by atoms with van der Waals surface area (Å²) in [6.07, 6.45) is 4.62. The zero-order valence-electron chi connectivity index (χ0n) is 9.72. The summed E-state index contributed by atoms with van der Waals surface area (Å²) in [7, 11) is 0. The van der Waals surface area contributed by atoms with E-state index in [1.165, 1.54) is 23.3 Å². The highest BCUT2D eigenvalue weighted by molar-refractivity contribution is 7.14. The molecule has 2 nitrogen and oxygen atoms in total. The average molecular weight is 225 g/mol. The lowest BCUT2D eigenvalue weighted by Gasteiger charge is -2.10. The number of hydrogen-bond acceptors (Lipinski definition) is 3. The molecule has 0 amide bonds. The van der Waals surface area contributed by atoms with Gasteiger partial charge < -0.3 is 5.73 Å². The molecule has 1 aromatic rings. The summed E-state index contributed by atoms with van der Waals surface area (Å²) < 4.78 is 0. The third kappa shape index (κ3) is 2.40. The van der Waals surface area contributed by atoms with E-state index in [2.05, 4.69) is 0 Å². The van der Waals surface area contributed by atoms with Gasteiger partial charge in [0.2, 0.25) is 0 Å². The maximum absolute atomic E-state index is 11.2. The van der Waals surface area contributed by atoms with E-state index in [0.29, 0.717) is 0 Å². The molecule has 0 saturated carbocycles. The van der Waals surface area contributed by atoms with Crippen molar-refractivity contribution in [3.8, 4) is 0 Å². The number of hydrogen-bond donors (Lipinski definition) is 1. The number of nitrogens with two attached hydrogens (primary N) is 1. The minimum Gasteiger partial charge on any atom is -0.397 e. The van der Waals surface area contributed by atoms with Crippen molar-refractivity contribution in [3.63, 3.8) is 0 Å². The third-order valence-corrected chi connectivity index (χ3v) is 3.94. The SMILES string of the molecule is CC.CC(=O)c1sc2c(c1N)CCCC2. The van der Waals surface area contributed by atoms with Crippen LogP contribution in [0, 0.1) is 0 Å². The van der Waals surface area contributed by atoms with Gasteiger partial charge in [-0.15, -0.1) is 11.3 Å². The highest BCUT2D eigenvalue weighted by Crippen LogP contribution is 2.36. The van der Waals surface area contributed by atoms with Crippen LogP contribution in [0.5, 0.6) is 0 Å². The van der Waals surface area contributed by atoms with E-state index >= 15 is 0 Å². The summed E-state index contributed by atoms with van der Waals surface area (Å²) in [6, 6.07) is 0. The molecule has 15 heavy (non-hydrogen) atoms. The van der Waals surface area contributed by atoms with E-state index in [-0.39, 0.29) is 5.78 Å². The zero-order chi connectivity index (χ0) is 11.4. The first-order chi connectivity index (χ1) is 7.20. The summed E-state index contributed by atoms with van der Waals surface area (Å²) >= 11 is 1.60. The molecule has 0 spiro atoms. The maximum atomic E-state index is 11.2. The second kappa shape index (κ2) is 5.31. The molecule has 3 heteroatoms. The van der Waals surface area contributed by atoms with Crippen LogP contribution in [0.15, 0.2) is 0 Å². The largest absolute Gasteiger partial charge is 0.397 e. The lowest BCUT2D eigenvalue weighted by atomic mass is 9.97. The van der Waals surface area contributed by atoms with Gasteiger partial charge in [-0.25, -0.2) is 0 Å². The van der Waals surface area contributed by atoms with E-state index in [1.807, 2.05) is 13.8 Å². The molecule has 1 aliphatic carbocycles. The smallest absolute Gasteiger partial charge is 0.171 e. The number of anilines is 1. The number of Topliss-reactive ketones (excluding diaryl/α,β-unsaturated/α-hetero) is 1. The summed E-state index contributed by atoms with van der Waals surface area (Å²) in [4.78, 5) is 13.3. The molecule has 0 radical (unpaired) electrons. The van der Waals surface area contributed by atoms with E-state index in [9.17, 15) is 4.79 Å². The van der Waals surface area contributed by atoms with Crippen LogP contribution < -0.4 is 5.73 Å². The number of nitrogen functional groups attached to an aromatic ring is 1. The quantitative estimate of drug-likeness (QED) is 0.744. The van der Waals surface area contributed by atoms with Gasteiger partial charge in [-0.05, 0) is 31.2 Å². The second-order valence-electron chi connectivity index (χ2n) is 3.51. The third-order valence-electron chi connectivity index (χ3n) is 2.53. The first kappa shape index (κ1) is 12.2. The minimum atomic E-state index is 0.108. The molecule has 0 atom stereocenters. The standard InChI is InChI=1S/C10H13NOS.C2H6/c1-6(12)10-9(11)7-4-2-3-5-8(7)13-10;1-2/h2-5,11H2,1H3;1-2H3. The van der Waals surface area contributed by atoms with Crippen molar-refractivity contribution in [2.45, 2.75) is 46.5 Å². The van der Waals surface area contributed by atoms with Crippen LogP contribution >= 0.6 is 11.3 Å². The Bertz CT molecular complexity index is 355. The molecule has 0 fully saturated rings. The van der Waals surface area contributed by atoms with Gasteiger partial charge in [0.15, 0.2) is 5.78 Å². The Balaban J connectivity index is 0.000000531. The van der Waals surface area contributed by atoms with Crippen LogP contribution in [0.2, 0.25) is 0 Å². The molecule has 1 aliphatic rings. The summed E-state index contributed by atoms with van der Waals surface area (Å²) in [5.74, 6) is 0.108. The first-order valence-electron chi connectivity index (χ1n) is 5.61. The fourth-order valence-corrected chi connectivity index (χ4v) is 3.06. The number of thiophene rings is 1. The fraction of sp³-hybridized carbons (Fsp3) is 0.583. The Labute approximate surface area is 95.5 Å². The number of ketones is 1. The number of fused-ring (bicyclic) bond motifs is 1. The number of carbonyl (C=O) groups is 1. The van der Waals surface area contributed by atoms with Crippen LogP contribution in [0.25, 0.3) is 0 Å². The average Bonchev–Trinajstić information content (AvgIpc) is 2.60. The molecule has 0 bridgehead atoms. The van der Waals surface area contributed by atoms with E-state index < -0.39 is 0 Å². The predicted octanol–water partition coefficient (Wildman–Crippen LogP) is 3.44. The Morgan fingerprint density at radius 1 is 1.27 bits per heavy atom. The van der Waals surface area contributed by atoms with Crippen LogP contribution in [-0.2, 0) is 12.8 Å². The zero-order valence-corrected chi connectivity index (χ0v) is 10.5. The van der Waals surface area contributed by atoms with Crippen LogP contribution in [0.3, 0.4) is 0 Å². The van der Waals surface area contributed by atoms with Crippen LogP contribution in [-0.4, -0.2) is 5.78 Å². The Morgan fingerprint density at radius 3 is 2.40 bits per heavy atom. The van der Waals surface area contributed by atoms with Gasteiger partial charge in [-0.2, -0.15) is 0 Å². The lowest BCUT2D eigenvalue weighted by Crippen LogP contribution is -2.02. The molecule has 0 aliphatic heterocycles. The normalized spacial score (nSPS) is 13.8. The number of aryl methyl sites for hydroxylation is 1. The topological polar surface area (TPSA) is 43.1 Å². The van der Waals surface area contributed by atoms with Crippen molar-refractivity contribution in [2.75, 3.05) is 5.73 Å². The van der Waals surface area contributed by atoms with Gasteiger partial charge in [0.25, 0.3) is 0 Å². The molecule has 2 N–H and O–H groups in total. The van der Waals surface area contributed by atoms with E-state index in [1.54, 1.807) is 18.3 Å². The van der Waals surface area contributed by atoms with Crippen molar-refractivity contribution in [1.82, 2.24) is 0 Å². The van der Waals surface area contributed by atoms with Crippen LogP contribution in [0.4, 0.5) is 5.69 Å². The molecule has 2 rings (SSSR count). The van der Waals surface area contributed by atoms with Crippen molar-refractivity contribution in [1.29, 1.82) is 0 Å². The summed E-state index contributed by atoms with van der Waals surface area (Å²) in [6.45, 7) is 5.59. The Morgan fingerprint density at radius 2 is 1.87 bits per heavy atom. The predicted molar refractivity (Wildman–Crippen MR) is 66.7 cm³/mol. The van der Waals surface area contributed by atoms with Crippen LogP contribution in [0.1, 0.15) is 53.7 Å². The Kier molecular flexibility index (Phi) is 4.33. The van der Waals surface area contributed by atoms with Crippen molar-refractivity contribution in [3.05, 3.63) is 15.3 Å². The lowest BCUT2D eigenvalue weighted by molar-refractivity contribution is 0.102. The summed E-state index contributed by atoms with van der Waals surface area (Å²) in [5.41, 5.74) is 7.92. The molecular weight excluding hydrogens is 206 g/mol. The summed E-state index contributed by atoms with van der Waals surface area (Å²) in [5, 5.41) is 0. The monoisotopic (exact) mass is 225 g/mol. The van der Waals surface area contributed by atoms with Gasteiger partial charge >= 0.3 is 0 Å². The highest BCUT2D eigenvalue weighted by atomic mass is 32.1. The molecular formula is C12H19NOS. The molecule has 0 saturated heterocycles. The van der Waals surface area contributed by atoms with E-state index in [4.69, 9.17) is 5.73 Å². The maximum Gasteiger partial charge on any atom is 0.171 e. The molecule has 84 valence electrons. The number of carbonyl (C=O) groups excluding carboxylic acids is 1. The number of rotatable bonds is 1. The van der Waals surface area contributed by atoms with Gasteiger partial charge in [0.05, 0.1) is 10.6 Å². The van der Waals surface area contributed by atoms with E-state index in [0.717, 1.165) is 23.4 Å². The van der Waals surface area contributed by atoms with Gasteiger partial charge in [0, 0.05) is 11.8 Å². The Hall–Kier alpha value is -0.830. The van der Waals surface area contributed by atoms with Gasteiger partial charge in [-0.3, -0.25) is 4.79 Å². The minimum absolute atomic E-state index is 0.108.